The molecule has 0 radical (unpaired) electrons. The van der Waals surface area contributed by atoms with Crippen LogP contribution < -0.4 is 5.32 Å². The quantitative estimate of drug-likeness (QED) is 0.636. The molecule has 104 valence electrons. The first-order valence-electron chi connectivity index (χ1n) is 6.55. The van der Waals surface area contributed by atoms with Gasteiger partial charge in [-0.2, -0.15) is 0 Å². The zero-order valence-electron chi connectivity index (χ0n) is 11.2. The van der Waals surface area contributed by atoms with Crippen LogP contribution in [0.4, 0.5) is 4.39 Å². The highest BCUT2D eigenvalue weighted by Gasteiger charge is 2.22. The first-order chi connectivity index (χ1) is 9.18. The van der Waals surface area contributed by atoms with Crippen molar-refractivity contribution in [2.75, 3.05) is 25.5 Å². The fourth-order valence-electron chi connectivity index (χ4n) is 2.15. The number of thioether (sulfide) groups is 1. The molecule has 0 bridgehead atoms. The lowest BCUT2D eigenvalue weighted by molar-refractivity contribution is 0.155. The van der Waals surface area contributed by atoms with Crippen molar-refractivity contribution in [3.63, 3.8) is 0 Å². The number of hydrogen-bond acceptors (Lipinski definition) is 3. The molecule has 0 saturated heterocycles. The summed E-state index contributed by atoms with van der Waals surface area (Å²) < 4.78 is 19.1. The Labute approximate surface area is 118 Å². The van der Waals surface area contributed by atoms with Crippen molar-refractivity contribution < 1.29 is 9.13 Å². The third kappa shape index (κ3) is 4.06. The van der Waals surface area contributed by atoms with Gasteiger partial charge in [0.1, 0.15) is 5.82 Å². The molecule has 0 fully saturated rings. The topological polar surface area (TPSA) is 21.3 Å². The van der Waals surface area contributed by atoms with Crippen LogP contribution in [0.25, 0.3) is 0 Å². The molecule has 19 heavy (non-hydrogen) atoms. The van der Waals surface area contributed by atoms with Gasteiger partial charge in [0.25, 0.3) is 0 Å². The minimum atomic E-state index is -0.104. The maximum Gasteiger partial charge on any atom is 0.137 e. The molecule has 2 rings (SSSR count). The second-order valence-corrected chi connectivity index (χ2v) is 5.92. The third-order valence-corrected chi connectivity index (χ3v) is 4.17. The Morgan fingerprint density at radius 1 is 1.58 bits per heavy atom. The van der Waals surface area contributed by atoms with Crippen LogP contribution in [-0.2, 0) is 4.74 Å². The van der Waals surface area contributed by atoms with Gasteiger partial charge in [0, 0.05) is 17.5 Å². The summed E-state index contributed by atoms with van der Waals surface area (Å²) in [6.45, 7) is 7.78. The number of nitrogens with one attached hydrogen (secondary N) is 1. The highest BCUT2D eigenvalue weighted by atomic mass is 32.2. The molecule has 1 unspecified atom stereocenters. The Kier molecular flexibility index (Phi) is 5.43. The monoisotopic (exact) mass is 281 g/mol. The van der Waals surface area contributed by atoms with Crippen LogP contribution in [0, 0.1) is 5.82 Å². The molecule has 0 amide bonds. The van der Waals surface area contributed by atoms with Crippen molar-refractivity contribution >= 4 is 11.8 Å². The third-order valence-electron chi connectivity index (χ3n) is 3.01. The fourth-order valence-corrected chi connectivity index (χ4v) is 3.29. The van der Waals surface area contributed by atoms with Gasteiger partial charge in [-0.05, 0) is 30.7 Å². The Balaban J connectivity index is 1.86. The molecule has 1 heterocycles. The number of halogens is 1. The van der Waals surface area contributed by atoms with Gasteiger partial charge in [-0.15, -0.1) is 11.8 Å². The standard InChI is InChI=1S/C15H20FNOS/c1-11(2)10-18-8-7-17-14-6-9-19-15-12(14)4-3-5-13(15)16/h3-5,14,17H,1,6-10H2,2H3. The number of hydrogen-bond donors (Lipinski definition) is 1. The molecule has 0 spiro atoms. The first-order valence-corrected chi connectivity index (χ1v) is 7.54. The van der Waals surface area contributed by atoms with E-state index in [1.54, 1.807) is 17.8 Å². The van der Waals surface area contributed by atoms with Crippen LogP contribution in [0.1, 0.15) is 24.9 Å². The minimum absolute atomic E-state index is 0.104. The average Bonchev–Trinajstić information content (AvgIpc) is 2.39. The van der Waals surface area contributed by atoms with Crippen molar-refractivity contribution in [3.8, 4) is 0 Å². The van der Waals surface area contributed by atoms with Crippen LogP contribution in [0.5, 0.6) is 0 Å². The zero-order valence-corrected chi connectivity index (χ0v) is 12.1. The molecule has 0 saturated carbocycles. The van der Waals surface area contributed by atoms with E-state index in [0.29, 0.717) is 13.2 Å². The first kappa shape index (κ1) is 14.6. The smallest absolute Gasteiger partial charge is 0.137 e. The van der Waals surface area contributed by atoms with E-state index in [4.69, 9.17) is 4.74 Å². The van der Waals surface area contributed by atoms with Crippen LogP contribution in [0.3, 0.4) is 0 Å². The number of benzene rings is 1. The fraction of sp³-hybridized carbons (Fsp3) is 0.467. The maximum absolute atomic E-state index is 13.7. The molecule has 1 aliphatic heterocycles. The average molecular weight is 281 g/mol. The minimum Gasteiger partial charge on any atom is -0.376 e. The Hall–Kier alpha value is -0.840. The molecule has 4 heteroatoms. The lowest BCUT2D eigenvalue weighted by atomic mass is 10.0. The van der Waals surface area contributed by atoms with Gasteiger partial charge < -0.3 is 10.1 Å². The summed E-state index contributed by atoms with van der Waals surface area (Å²) in [5, 5.41) is 3.44. The summed E-state index contributed by atoms with van der Waals surface area (Å²) in [4.78, 5) is 0.800. The highest BCUT2D eigenvalue weighted by molar-refractivity contribution is 7.99. The second-order valence-electron chi connectivity index (χ2n) is 4.81. The van der Waals surface area contributed by atoms with Crippen molar-refractivity contribution in [2.24, 2.45) is 0 Å². The summed E-state index contributed by atoms with van der Waals surface area (Å²) in [5.41, 5.74) is 2.11. The molecule has 0 aliphatic carbocycles. The van der Waals surface area contributed by atoms with E-state index in [0.717, 1.165) is 34.8 Å². The summed E-state index contributed by atoms with van der Waals surface area (Å²) in [5.74, 6) is 0.852. The second kappa shape index (κ2) is 7.08. The van der Waals surface area contributed by atoms with E-state index in [1.165, 1.54) is 6.07 Å². The molecular weight excluding hydrogens is 261 g/mol. The number of ether oxygens (including phenoxy) is 1. The SMILES string of the molecule is C=C(C)COCCNC1CCSc2c(F)cccc21. The van der Waals surface area contributed by atoms with E-state index in [9.17, 15) is 4.39 Å². The summed E-state index contributed by atoms with van der Waals surface area (Å²) in [6, 6.07) is 5.56. The van der Waals surface area contributed by atoms with Gasteiger partial charge >= 0.3 is 0 Å². The Morgan fingerprint density at radius 3 is 3.21 bits per heavy atom. The molecule has 1 aromatic rings. The number of fused-ring (bicyclic) bond motifs is 1. The Bertz CT molecular complexity index is 450. The predicted octanol–water partition coefficient (Wildman–Crippen LogP) is 3.54. The van der Waals surface area contributed by atoms with Crippen molar-refractivity contribution in [1.82, 2.24) is 5.32 Å². The van der Waals surface area contributed by atoms with Gasteiger partial charge in [-0.25, -0.2) is 4.39 Å². The summed E-state index contributed by atoms with van der Waals surface area (Å²) >= 11 is 1.61. The molecule has 1 atom stereocenters. The van der Waals surface area contributed by atoms with Gasteiger partial charge in [-0.1, -0.05) is 24.3 Å². The van der Waals surface area contributed by atoms with Crippen molar-refractivity contribution in [1.29, 1.82) is 0 Å². The molecule has 1 aliphatic rings. The van der Waals surface area contributed by atoms with Gasteiger partial charge in [0.05, 0.1) is 13.2 Å². The van der Waals surface area contributed by atoms with Crippen LogP contribution in [0.2, 0.25) is 0 Å². The van der Waals surface area contributed by atoms with E-state index >= 15 is 0 Å². The zero-order chi connectivity index (χ0) is 13.7. The normalized spacial score (nSPS) is 18.1. The van der Waals surface area contributed by atoms with E-state index < -0.39 is 0 Å². The van der Waals surface area contributed by atoms with Gasteiger partial charge in [0.15, 0.2) is 0 Å². The summed E-state index contributed by atoms with van der Waals surface area (Å²) in [7, 11) is 0. The van der Waals surface area contributed by atoms with Gasteiger partial charge in [-0.3, -0.25) is 0 Å². The highest BCUT2D eigenvalue weighted by Crippen LogP contribution is 2.37. The van der Waals surface area contributed by atoms with E-state index in [-0.39, 0.29) is 11.9 Å². The maximum atomic E-state index is 13.7. The molecule has 0 aromatic heterocycles. The van der Waals surface area contributed by atoms with Crippen molar-refractivity contribution in [2.45, 2.75) is 24.3 Å². The van der Waals surface area contributed by atoms with E-state index in [2.05, 4.69) is 11.9 Å². The largest absolute Gasteiger partial charge is 0.376 e. The molecule has 2 nitrogen and oxygen atoms in total. The lowest BCUT2D eigenvalue weighted by Gasteiger charge is -2.26. The van der Waals surface area contributed by atoms with Crippen molar-refractivity contribution in [3.05, 3.63) is 41.7 Å². The summed E-state index contributed by atoms with van der Waals surface area (Å²) in [6.07, 6.45) is 1.03. The Morgan fingerprint density at radius 2 is 2.42 bits per heavy atom. The molecular formula is C15H20FNOS. The van der Waals surface area contributed by atoms with Crippen LogP contribution >= 0.6 is 11.8 Å². The lowest BCUT2D eigenvalue weighted by Crippen LogP contribution is -2.28. The molecule has 1 aromatic carbocycles. The van der Waals surface area contributed by atoms with E-state index in [1.807, 2.05) is 13.0 Å². The van der Waals surface area contributed by atoms with Gasteiger partial charge in [0.2, 0.25) is 0 Å². The van der Waals surface area contributed by atoms with Crippen LogP contribution in [-0.4, -0.2) is 25.5 Å². The predicted molar refractivity (Wildman–Crippen MR) is 78.1 cm³/mol. The molecule has 1 N–H and O–H groups in total. The number of rotatable bonds is 6. The van der Waals surface area contributed by atoms with Crippen LogP contribution in [0.15, 0.2) is 35.2 Å².